The highest BCUT2D eigenvalue weighted by molar-refractivity contribution is 5.88. The summed E-state index contributed by atoms with van der Waals surface area (Å²) in [5.41, 5.74) is 4.45. The fraction of sp³-hybridized carbons (Fsp3) is 0.458. The Labute approximate surface area is 173 Å². The maximum absolute atomic E-state index is 4.65. The van der Waals surface area contributed by atoms with E-state index in [9.17, 15) is 0 Å². The van der Waals surface area contributed by atoms with Crippen molar-refractivity contribution in [2.75, 3.05) is 25.0 Å². The van der Waals surface area contributed by atoms with E-state index >= 15 is 0 Å². The fourth-order valence-electron chi connectivity index (χ4n) is 4.56. The molecule has 1 aromatic carbocycles. The van der Waals surface area contributed by atoms with Gasteiger partial charge in [0.2, 0.25) is 0 Å². The highest BCUT2D eigenvalue weighted by Gasteiger charge is 2.44. The first kappa shape index (κ1) is 18.5. The van der Waals surface area contributed by atoms with E-state index in [4.69, 9.17) is 0 Å². The second-order valence-corrected chi connectivity index (χ2v) is 8.96. The van der Waals surface area contributed by atoms with Crippen molar-refractivity contribution >= 4 is 16.6 Å². The number of allylic oxidation sites excluding steroid dienone is 1. The van der Waals surface area contributed by atoms with Crippen LogP contribution in [-0.4, -0.2) is 38.9 Å². The van der Waals surface area contributed by atoms with Crippen LogP contribution in [0, 0.1) is 5.41 Å². The zero-order chi connectivity index (χ0) is 20.0. The number of nitrogens with one attached hydrogen (secondary N) is 1. The molecular formula is C24H31N5. The Bertz CT molecular complexity index is 1060. The number of fused-ring (bicyclic) bond motifs is 1. The highest BCUT2D eigenvalue weighted by Crippen LogP contribution is 2.53. The minimum absolute atomic E-state index is 0.733. The molecule has 3 heterocycles. The molecule has 29 heavy (non-hydrogen) atoms. The van der Waals surface area contributed by atoms with Crippen molar-refractivity contribution in [2.24, 2.45) is 19.5 Å². The predicted octanol–water partition coefficient (Wildman–Crippen LogP) is 4.77. The number of piperidine rings is 1. The summed E-state index contributed by atoms with van der Waals surface area (Å²) >= 11 is 0. The average molecular weight is 390 g/mol. The van der Waals surface area contributed by atoms with Crippen LogP contribution < -0.4 is 5.32 Å². The molecule has 1 spiro atoms. The molecule has 1 N–H and O–H groups in total. The standard InChI is InChI=1S/C24H31N5/c1-4-21(16-29-11-9-24(7-8-24)10-12-29)26-23-14-20-13-18(5-6-19(20)15-25-23)22-17-27(2)28(22)3/h4-6,13-15,17H,7-12,16H2,1-3H3,(H,25,26)/b21-4+. The van der Waals surface area contributed by atoms with E-state index in [2.05, 4.69) is 82.1 Å². The Morgan fingerprint density at radius 2 is 1.90 bits per heavy atom. The van der Waals surface area contributed by atoms with Gasteiger partial charge in [-0.25, -0.2) is 4.98 Å². The van der Waals surface area contributed by atoms with E-state index in [-0.39, 0.29) is 0 Å². The van der Waals surface area contributed by atoms with Crippen LogP contribution in [0.1, 0.15) is 32.6 Å². The SMILES string of the molecule is C/C=C(\CN1CCC2(CC1)CC2)Nc1cc2cc(-c3cn(C)n3C)ccc2cn1. The smallest absolute Gasteiger partial charge is 0.130 e. The van der Waals surface area contributed by atoms with Crippen LogP contribution in [0.2, 0.25) is 0 Å². The molecule has 3 aromatic rings. The zero-order valence-electron chi connectivity index (χ0n) is 17.8. The van der Waals surface area contributed by atoms with Gasteiger partial charge in [0.25, 0.3) is 0 Å². The second-order valence-electron chi connectivity index (χ2n) is 8.96. The van der Waals surface area contributed by atoms with Crippen molar-refractivity contribution in [1.29, 1.82) is 0 Å². The number of pyridine rings is 1. The van der Waals surface area contributed by atoms with Crippen LogP contribution in [0.3, 0.4) is 0 Å². The molecule has 0 unspecified atom stereocenters. The van der Waals surface area contributed by atoms with Crippen LogP contribution in [0.25, 0.3) is 22.0 Å². The molecular weight excluding hydrogens is 358 g/mol. The van der Waals surface area contributed by atoms with Crippen molar-refractivity contribution < 1.29 is 0 Å². The molecule has 5 rings (SSSR count). The average Bonchev–Trinajstić information content (AvgIpc) is 3.51. The maximum atomic E-state index is 4.65. The van der Waals surface area contributed by atoms with Gasteiger partial charge in [0.05, 0.1) is 5.69 Å². The lowest BCUT2D eigenvalue weighted by Crippen LogP contribution is -2.36. The molecule has 2 aliphatic rings. The minimum atomic E-state index is 0.733. The van der Waals surface area contributed by atoms with Gasteiger partial charge in [0.15, 0.2) is 0 Å². The number of rotatable bonds is 5. The number of aryl methyl sites for hydroxylation is 1. The number of nitrogens with zero attached hydrogens (tertiary/aromatic N) is 4. The van der Waals surface area contributed by atoms with Gasteiger partial charge < -0.3 is 5.32 Å². The number of likely N-dealkylation sites (tertiary alicyclic amines) is 1. The third kappa shape index (κ3) is 3.60. The highest BCUT2D eigenvalue weighted by atomic mass is 15.4. The van der Waals surface area contributed by atoms with Crippen molar-refractivity contribution in [3.63, 3.8) is 0 Å². The van der Waals surface area contributed by atoms with Crippen LogP contribution in [0.15, 0.2) is 48.4 Å². The molecule has 2 aromatic heterocycles. The molecule has 5 heteroatoms. The lowest BCUT2D eigenvalue weighted by molar-refractivity contribution is 0.185. The molecule has 1 saturated carbocycles. The molecule has 0 bridgehead atoms. The zero-order valence-corrected chi connectivity index (χ0v) is 17.8. The fourth-order valence-corrected chi connectivity index (χ4v) is 4.56. The number of hydrogen-bond acceptors (Lipinski definition) is 3. The van der Waals surface area contributed by atoms with Gasteiger partial charge in [-0.2, -0.15) is 0 Å². The van der Waals surface area contributed by atoms with Crippen LogP contribution in [0.4, 0.5) is 5.82 Å². The third-order valence-corrected chi connectivity index (χ3v) is 7.05. The molecule has 0 radical (unpaired) electrons. The molecule has 2 fully saturated rings. The Kier molecular flexibility index (Phi) is 4.50. The maximum Gasteiger partial charge on any atom is 0.130 e. The number of benzene rings is 1. The molecule has 1 aliphatic heterocycles. The summed E-state index contributed by atoms with van der Waals surface area (Å²) in [5.74, 6) is 0.923. The Morgan fingerprint density at radius 1 is 1.10 bits per heavy atom. The summed E-state index contributed by atoms with van der Waals surface area (Å²) in [6, 6.07) is 8.76. The van der Waals surface area contributed by atoms with Crippen molar-refractivity contribution in [3.8, 4) is 11.3 Å². The summed E-state index contributed by atoms with van der Waals surface area (Å²) < 4.78 is 4.24. The van der Waals surface area contributed by atoms with Gasteiger partial charge in [0.1, 0.15) is 5.82 Å². The second kappa shape index (κ2) is 7.06. The Morgan fingerprint density at radius 3 is 2.55 bits per heavy atom. The predicted molar refractivity (Wildman–Crippen MR) is 120 cm³/mol. The molecule has 5 nitrogen and oxygen atoms in total. The van der Waals surface area contributed by atoms with Gasteiger partial charge in [-0.1, -0.05) is 18.2 Å². The summed E-state index contributed by atoms with van der Waals surface area (Å²) in [5, 5.41) is 5.96. The number of aromatic nitrogens is 3. The molecule has 152 valence electrons. The number of anilines is 1. The normalized spacial score (nSPS) is 19.2. The van der Waals surface area contributed by atoms with Crippen LogP contribution in [-0.2, 0) is 14.1 Å². The van der Waals surface area contributed by atoms with Gasteiger partial charge in [0, 0.05) is 49.7 Å². The first-order valence-corrected chi connectivity index (χ1v) is 10.8. The van der Waals surface area contributed by atoms with Gasteiger partial charge >= 0.3 is 0 Å². The monoisotopic (exact) mass is 389 g/mol. The molecule has 0 atom stereocenters. The largest absolute Gasteiger partial charge is 0.343 e. The third-order valence-electron chi connectivity index (χ3n) is 7.05. The lowest BCUT2D eigenvalue weighted by Gasteiger charge is -2.32. The van der Waals surface area contributed by atoms with E-state index in [0.29, 0.717) is 0 Å². The topological polar surface area (TPSA) is 38.0 Å². The van der Waals surface area contributed by atoms with Crippen molar-refractivity contribution in [3.05, 3.63) is 48.4 Å². The Balaban J connectivity index is 1.30. The molecule has 0 amide bonds. The number of hydrogen-bond donors (Lipinski definition) is 1. The summed E-state index contributed by atoms with van der Waals surface area (Å²) in [4.78, 5) is 7.24. The summed E-state index contributed by atoms with van der Waals surface area (Å²) in [6.45, 7) is 5.55. The quantitative estimate of drug-likeness (QED) is 0.683. The summed E-state index contributed by atoms with van der Waals surface area (Å²) in [6.07, 6.45) is 12.0. The van der Waals surface area contributed by atoms with Gasteiger partial charge in [-0.3, -0.25) is 14.3 Å². The van der Waals surface area contributed by atoms with E-state index in [1.54, 1.807) is 0 Å². The van der Waals surface area contributed by atoms with Crippen molar-refractivity contribution in [2.45, 2.75) is 32.6 Å². The van der Waals surface area contributed by atoms with Crippen LogP contribution >= 0.6 is 0 Å². The Hall–Kier alpha value is -2.53. The van der Waals surface area contributed by atoms with Gasteiger partial charge in [-0.15, -0.1) is 0 Å². The van der Waals surface area contributed by atoms with E-state index in [1.807, 2.05) is 6.20 Å². The van der Waals surface area contributed by atoms with Crippen LogP contribution in [0.5, 0.6) is 0 Å². The van der Waals surface area contributed by atoms with Crippen molar-refractivity contribution in [1.82, 2.24) is 19.2 Å². The summed E-state index contributed by atoms with van der Waals surface area (Å²) in [7, 11) is 4.14. The lowest BCUT2D eigenvalue weighted by atomic mass is 9.94. The first-order valence-electron chi connectivity index (χ1n) is 10.8. The molecule has 1 aliphatic carbocycles. The van der Waals surface area contributed by atoms with E-state index < -0.39 is 0 Å². The molecule has 1 saturated heterocycles. The van der Waals surface area contributed by atoms with Gasteiger partial charge in [-0.05, 0) is 68.6 Å². The van der Waals surface area contributed by atoms with E-state index in [1.165, 1.54) is 66.5 Å². The minimum Gasteiger partial charge on any atom is -0.343 e. The first-order chi connectivity index (χ1) is 14.0. The van der Waals surface area contributed by atoms with E-state index in [0.717, 1.165) is 17.8 Å².